The molecule has 1 N–H and O–H groups in total. The van der Waals surface area contributed by atoms with Gasteiger partial charge in [0.25, 0.3) is 0 Å². The summed E-state index contributed by atoms with van der Waals surface area (Å²) in [6.45, 7) is -1.62. The summed E-state index contributed by atoms with van der Waals surface area (Å²) < 4.78 is 39.6. The van der Waals surface area contributed by atoms with Gasteiger partial charge in [0.1, 0.15) is 0 Å². The summed E-state index contributed by atoms with van der Waals surface area (Å²) in [4.78, 5) is 13.0. The zero-order valence-corrected chi connectivity index (χ0v) is 11.1. The fraction of sp³-hybridized carbons (Fsp3) is 0.500. The van der Waals surface area contributed by atoms with Crippen LogP contribution in [0.3, 0.4) is 0 Å². The third-order valence-electron chi connectivity index (χ3n) is 2.94. The van der Waals surface area contributed by atoms with Gasteiger partial charge in [-0.3, -0.25) is 9.30 Å². The van der Waals surface area contributed by atoms with Crippen LogP contribution in [0.15, 0.2) is 29.2 Å². The van der Waals surface area contributed by atoms with Crippen LogP contribution in [0, 0.1) is 0 Å². The van der Waals surface area contributed by atoms with Crippen LogP contribution >= 0.6 is 0 Å². The van der Waals surface area contributed by atoms with E-state index in [0.717, 1.165) is 9.58 Å². The zero-order chi connectivity index (χ0) is 15.5. The summed E-state index contributed by atoms with van der Waals surface area (Å²) >= 11 is 0. The molecule has 0 fully saturated rings. The van der Waals surface area contributed by atoms with E-state index in [1.807, 2.05) is 0 Å². The molecule has 6 nitrogen and oxygen atoms in total. The van der Waals surface area contributed by atoms with Gasteiger partial charge in [-0.05, 0) is 12.1 Å². The van der Waals surface area contributed by atoms with Crippen molar-refractivity contribution in [1.82, 2.24) is 19.1 Å². The molecule has 2 heterocycles. The molecule has 0 aliphatic rings. The number of halogens is 3. The smallest absolute Gasteiger partial charge is 0.395 e. The minimum atomic E-state index is -4.35. The van der Waals surface area contributed by atoms with Crippen LogP contribution in [0.25, 0.3) is 5.65 Å². The van der Waals surface area contributed by atoms with E-state index in [2.05, 4.69) is 5.10 Å². The second-order valence-corrected chi connectivity index (χ2v) is 4.55. The SMILES string of the molecule is O=c1n(CCN(CCO)CC(F)(F)F)nc2ccccn12. The van der Waals surface area contributed by atoms with E-state index in [1.54, 1.807) is 24.4 Å². The van der Waals surface area contributed by atoms with Crippen LogP contribution in [0.1, 0.15) is 0 Å². The first-order chi connectivity index (χ1) is 9.90. The first-order valence-electron chi connectivity index (χ1n) is 6.35. The van der Waals surface area contributed by atoms with Crippen LogP contribution in [0.5, 0.6) is 0 Å². The Bertz CT molecular complexity index is 650. The molecule has 0 unspecified atom stereocenters. The van der Waals surface area contributed by atoms with Crippen molar-refractivity contribution < 1.29 is 18.3 Å². The van der Waals surface area contributed by atoms with E-state index in [9.17, 15) is 18.0 Å². The molecular weight excluding hydrogens is 289 g/mol. The molecular formula is C12H15F3N4O2. The van der Waals surface area contributed by atoms with Crippen molar-refractivity contribution in [3.05, 3.63) is 34.9 Å². The first kappa shape index (κ1) is 15.5. The Balaban J connectivity index is 2.08. The molecule has 0 saturated carbocycles. The lowest BCUT2D eigenvalue weighted by Gasteiger charge is -2.22. The molecule has 2 aromatic heterocycles. The van der Waals surface area contributed by atoms with Crippen molar-refractivity contribution in [2.75, 3.05) is 26.2 Å². The van der Waals surface area contributed by atoms with Gasteiger partial charge in [0.15, 0.2) is 5.65 Å². The largest absolute Gasteiger partial charge is 0.401 e. The van der Waals surface area contributed by atoms with Gasteiger partial charge in [0, 0.05) is 19.3 Å². The number of fused-ring (bicyclic) bond motifs is 1. The number of aliphatic hydroxyl groups is 1. The van der Waals surface area contributed by atoms with Gasteiger partial charge >= 0.3 is 11.9 Å². The third-order valence-corrected chi connectivity index (χ3v) is 2.94. The van der Waals surface area contributed by atoms with Gasteiger partial charge in [0.2, 0.25) is 0 Å². The number of aromatic nitrogens is 3. The molecule has 0 amide bonds. The van der Waals surface area contributed by atoms with Crippen LogP contribution < -0.4 is 5.69 Å². The fourth-order valence-electron chi connectivity index (χ4n) is 2.01. The predicted molar refractivity (Wildman–Crippen MR) is 69.0 cm³/mol. The molecule has 0 aliphatic heterocycles. The van der Waals surface area contributed by atoms with Gasteiger partial charge < -0.3 is 5.11 Å². The van der Waals surface area contributed by atoms with Gasteiger partial charge in [0.05, 0.1) is 19.7 Å². The number of hydrogen-bond acceptors (Lipinski definition) is 4. The molecule has 21 heavy (non-hydrogen) atoms. The van der Waals surface area contributed by atoms with Gasteiger partial charge in [-0.25, -0.2) is 9.48 Å². The number of hydrogen-bond donors (Lipinski definition) is 1. The average Bonchev–Trinajstić information content (AvgIpc) is 2.72. The Labute approximate surface area is 118 Å². The molecule has 0 aromatic carbocycles. The molecule has 0 radical (unpaired) electrons. The second-order valence-electron chi connectivity index (χ2n) is 4.55. The van der Waals surface area contributed by atoms with Crippen molar-refractivity contribution in [2.45, 2.75) is 12.7 Å². The standard InChI is InChI=1S/C12H15F3N4O2/c13-12(14,15)9-17(7-8-20)5-6-19-11(21)18-4-2-1-3-10(18)16-19/h1-4,20H,5-9H2. The van der Waals surface area contributed by atoms with E-state index in [0.29, 0.717) is 5.65 Å². The minimum absolute atomic E-state index is 0.0239. The van der Waals surface area contributed by atoms with E-state index >= 15 is 0 Å². The number of nitrogens with zero attached hydrogens (tertiary/aromatic N) is 4. The van der Waals surface area contributed by atoms with Gasteiger partial charge in [-0.2, -0.15) is 13.2 Å². The van der Waals surface area contributed by atoms with Gasteiger partial charge in [-0.1, -0.05) is 6.07 Å². The average molecular weight is 304 g/mol. The maximum absolute atomic E-state index is 12.4. The normalized spacial score (nSPS) is 12.4. The Morgan fingerprint density at radius 1 is 1.29 bits per heavy atom. The molecule has 2 rings (SSSR count). The van der Waals surface area contributed by atoms with Crippen molar-refractivity contribution in [1.29, 1.82) is 0 Å². The van der Waals surface area contributed by atoms with Crippen molar-refractivity contribution >= 4 is 5.65 Å². The molecule has 0 aliphatic carbocycles. The van der Waals surface area contributed by atoms with Gasteiger partial charge in [-0.15, -0.1) is 5.10 Å². The molecule has 0 atom stereocenters. The maximum Gasteiger partial charge on any atom is 0.401 e. The molecule has 116 valence electrons. The second kappa shape index (κ2) is 6.27. The summed E-state index contributed by atoms with van der Waals surface area (Å²) in [6.07, 6.45) is -2.80. The van der Waals surface area contributed by atoms with E-state index < -0.39 is 18.4 Å². The lowest BCUT2D eigenvalue weighted by molar-refractivity contribution is -0.147. The Morgan fingerprint density at radius 3 is 2.67 bits per heavy atom. The van der Waals surface area contributed by atoms with Crippen molar-refractivity contribution in [2.24, 2.45) is 0 Å². The predicted octanol–water partition coefficient (Wildman–Crippen LogP) is 0.353. The highest BCUT2D eigenvalue weighted by molar-refractivity contribution is 5.35. The highest BCUT2D eigenvalue weighted by Crippen LogP contribution is 2.16. The van der Waals surface area contributed by atoms with E-state index in [-0.39, 0.29) is 26.2 Å². The van der Waals surface area contributed by atoms with Crippen LogP contribution in [-0.4, -0.2) is 56.6 Å². The number of rotatable bonds is 6. The molecule has 0 spiro atoms. The summed E-state index contributed by atoms with van der Waals surface area (Å²) in [5.74, 6) is 0. The van der Waals surface area contributed by atoms with E-state index in [1.165, 1.54) is 4.40 Å². The maximum atomic E-state index is 12.4. The van der Waals surface area contributed by atoms with Crippen molar-refractivity contribution in [3.8, 4) is 0 Å². The van der Waals surface area contributed by atoms with E-state index in [4.69, 9.17) is 5.11 Å². The van der Waals surface area contributed by atoms with Crippen LogP contribution in [0.4, 0.5) is 13.2 Å². The third kappa shape index (κ3) is 4.05. The van der Waals surface area contributed by atoms with Crippen LogP contribution in [-0.2, 0) is 6.54 Å². The zero-order valence-electron chi connectivity index (χ0n) is 11.1. The topological polar surface area (TPSA) is 62.8 Å². The monoisotopic (exact) mass is 304 g/mol. The summed E-state index contributed by atoms with van der Waals surface area (Å²) in [5.41, 5.74) is 0.0357. The highest BCUT2D eigenvalue weighted by Gasteiger charge is 2.30. The van der Waals surface area contributed by atoms with Crippen LogP contribution in [0.2, 0.25) is 0 Å². The summed E-state index contributed by atoms with van der Waals surface area (Å²) in [7, 11) is 0. The minimum Gasteiger partial charge on any atom is -0.395 e. The highest BCUT2D eigenvalue weighted by atomic mass is 19.4. The molecule has 0 saturated heterocycles. The summed E-state index contributed by atoms with van der Waals surface area (Å²) in [6, 6.07) is 5.02. The Hall–Kier alpha value is -1.87. The first-order valence-corrected chi connectivity index (χ1v) is 6.35. The summed E-state index contributed by atoms with van der Waals surface area (Å²) in [5, 5.41) is 12.8. The molecule has 9 heteroatoms. The molecule has 2 aromatic rings. The fourth-order valence-corrected chi connectivity index (χ4v) is 2.01. The molecule has 0 bridgehead atoms. The number of alkyl halides is 3. The lowest BCUT2D eigenvalue weighted by Crippen LogP contribution is -2.39. The Kier molecular flexibility index (Phi) is 4.63. The quantitative estimate of drug-likeness (QED) is 0.836. The Morgan fingerprint density at radius 2 is 2.05 bits per heavy atom. The number of pyridine rings is 1. The van der Waals surface area contributed by atoms with Crippen molar-refractivity contribution in [3.63, 3.8) is 0 Å². The lowest BCUT2D eigenvalue weighted by atomic mass is 10.4. The number of aliphatic hydroxyl groups excluding tert-OH is 1.